The molecule has 2 aromatic rings. The zero-order valence-corrected chi connectivity index (χ0v) is 12.6. The maximum absolute atomic E-state index is 5.97. The number of hydrogen-bond donors (Lipinski definition) is 2. The van der Waals surface area contributed by atoms with E-state index in [9.17, 15) is 0 Å². The van der Waals surface area contributed by atoms with Gasteiger partial charge in [-0.2, -0.15) is 0 Å². The van der Waals surface area contributed by atoms with E-state index in [1.54, 1.807) is 0 Å². The molecule has 0 aliphatic carbocycles. The largest absolute Gasteiger partial charge is 0.482 e. The van der Waals surface area contributed by atoms with Crippen LogP contribution in [-0.4, -0.2) is 9.97 Å². The fourth-order valence-electron chi connectivity index (χ4n) is 2.39. The molecule has 0 saturated carbocycles. The minimum absolute atomic E-state index is 0.0747. The van der Waals surface area contributed by atoms with Gasteiger partial charge in [-0.25, -0.2) is 15.8 Å². The number of nitrogens with one attached hydrogen (secondary N) is 1. The van der Waals surface area contributed by atoms with Crippen molar-refractivity contribution >= 4 is 5.82 Å². The molecule has 0 bridgehead atoms. The summed E-state index contributed by atoms with van der Waals surface area (Å²) in [6.45, 7) is 6.34. The highest BCUT2D eigenvalue weighted by Crippen LogP contribution is 2.36. The van der Waals surface area contributed by atoms with Crippen molar-refractivity contribution in [2.24, 2.45) is 5.84 Å². The van der Waals surface area contributed by atoms with E-state index >= 15 is 0 Å². The number of aromatic nitrogens is 2. The fraction of sp³-hybridized carbons (Fsp3) is 0.375. The van der Waals surface area contributed by atoms with Gasteiger partial charge in [0.15, 0.2) is 11.9 Å². The number of ether oxygens (including phenoxy) is 1. The molecule has 2 heterocycles. The van der Waals surface area contributed by atoms with Crippen molar-refractivity contribution in [2.75, 3.05) is 5.43 Å². The van der Waals surface area contributed by atoms with Gasteiger partial charge in [-0.1, -0.05) is 39.0 Å². The molecule has 3 N–H and O–H groups in total. The first kappa shape index (κ1) is 13.8. The van der Waals surface area contributed by atoms with E-state index in [2.05, 4.69) is 42.2 Å². The van der Waals surface area contributed by atoms with Gasteiger partial charge in [-0.05, 0) is 11.6 Å². The standard InChI is InChI=1S/C16H20N4O/c1-16(2,3)13-9-14(20-17)19-15(18-13)12-8-10-6-4-5-7-11(10)21-12/h4-7,9,12H,8,17H2,1-3H3,(H,18,19,20). The highest BCUT2D eigenvalue weighted by molar-refractivity contribution is 5.40. The van der Waals surface area contributed by atoms with Crippen molar-refractivity contribution < 1.29 is 4.74 Å². The van der Waals surface area contributed by atoms with Crippen LogP contribution in [0.15, 0.2) is 30.3 Å². The number of hydrogen-bond acceptors (Lipinski definition) is 5. The highest BCUT2D eigenvalue weighted by Gasteiger charge is 2.28. The monoisotopic (exact) mass is 284 g/mol. The average molecular weight is 284 g/mol. The molecule has 1 aliphatic rings. The summed E-state index contributed by atoms with van der Waals surface area (Å²) in [6.07, 6.45) is 0.630. The molecule has 1 aromatic carbocycles. The van der Waals surface area contributed by atoms with E-state index in [4.69, 9.17) is 10.6 Å². The summed E-state index contributed by atoms with van der Waals surface area (Å²) < 4.78 is 5.97. The van der Waals surface area contributed by atoms with E-state index in [1.165, 1.54) is 5.56 Å². The van der Waals surface area contributed by atoms with Crippen LogP contribution in [0.5, 0.6) is 5.75 Å². The normalized spacial score (nSPS) is 17.2. The number of nitrogens with two attached hydrogens (primary N) is 1. The maximum atomic E-state index is 5.97. The third kappa shape index (κ3) is 2.69. The van der Waals surface area contributed by atoms with Gasteiger partial charge in [0.25, 0.3) is 0 Å². The summed E-state index contributed by atoms with van der Waals surface area (Å²) in [6, 6.07) is 9.92. The topological polar surface area (TPSA) is 73.1 Å². The summed E-state index contributed by atoms with van der Waals surface area (Å²) >= 11 is 0. The summed E-state index contributed by atoms with van der Waals surface area (Å²) in [7, 11) is 0. The number of fused-ring (bicyclic) bond motifs is 1. The van der Waals surface area contributed by atoms with Crippen LogP contribution in [0.4, 0.5) is 5.82 Å². The Kier molecular flexibility index (Phi) is 3.29. The molecular weight excluding hydrogens is 264 g/mol. The third-order valence-corrected chi connectivity index (χ3v) is 3.59. The number of para-hydroxylation sites is 1. The number of nitrogens with zero attached hydrogens (tertiary/aromatic N) is 2. The Balaban J connectivity index is 1.97. The lowest BCUT2D eigenvalue weighted by molar-refractivity contribution is 0.226. The Morgan fingerprint density at radius 2 is 2.00 bits per heavy atom. The minimum Gasteiger partial charge on any atom is -0.482 e. The van der Waals surface area contributed by atoms with E-state index in [1.807, 2.05) is 24.3 Å². The lowest BCUT2D eigenvalue weighted by Crippen LogP contribution is -2.20. The van der Waals surface area contributed by atoms with Crippen LogP contribution in [0, 0.1) is 0 Å². The molecule has 21 heavy (non-hydrogen) atoms. The van der Waals surface area contributed by atoms with Crippen molar-refractivity contribution in [3.8, 4) is 5.75 Å². The summed E-state index contributed by atoms with van der Waals surface area (Å²) in [5, 5.41) is 0. The van der Waals surface area contributed by atoms with Gasteiger partial charge in [-0.15, -0.1) is 0 Å². The van der Waals surface area contributed by atoms with Crippen molar-refractivity contribution in [2.45, 2.75) is 38.7 Å². The first-order chi connectivity index (χ1) is 9.97. The average Bonchev–Trinajstić information content (AvgIpc) is 2.89. The van der Waals surface area contributed by atoms with Crippen molar-refractivity contribution in [3.05, 3.63) is 47.4 Å². The lowest BCUT2D eigenvalue weighted by atomic mass is 9.92. The van der Waals surface area contributed by atoms with Crippen LogP contribution in [0.2, 0.25) is 0 Å². The SMILES string of the molecule is CC(C)(C)c1cc(NN)nc(C2Cc3ccccc3O2)n1. The minimum atomic E-state index is -0.156. The Labute approximate surface area is 124 Å². The molecule has 3 rings (SSSR count). The predicted molar refractivity (Wildman–Crippen MR) is 82.1 cm³/mol. The number of nitrogen functional groups attached to an aromatic ring is 1. The molecule has 5 heteroatoms. The summed E-state index contributed by atoms with van der Waals surface area (Å²) in [4.78, 5) is 9.14. The van der Waals surface area contributed by atoms with E-state index in [0.717, 1.165) is 17.9 Å². The summed E-state index contributed by atoms with van der Waals surface area (Å²) in [5.41, 5.74) is 4.68. The van der Waals surface area contributed by atoms with Crippen LogP contribution in [0.25, 0.3) is 0 Å². The Hall–Kier alpha value is -2.14. The smallest absolute Gasteiger partial charge is 0.172 e. The molecule has 110 valence electrons. The molecule has 1 atom stereocenters. The zero-order chi connectivity index (χ0) is 15.0. The predicted octanol–water partition coefficient (Wildman–Crippen LogP) is 2.74. The third-order valence-electron chi connectivity index (χ3n) is 3.59. The Morgan fingerprint density at radius 3 is 2.67 bits per heavy atom. The number of rotatable bonds is 2. The Morgan fingerprint density at radius 1 is 1.24 bits per heavy atom. The van der Waals surface area contributed by atoms with Crippen LogP contribution >= 0.6 is 0 Å². The Bertz CT molecular complexity index is 639. The lowest BCUT2D eigenvalue weighted by Gasteiger charge is -2.20. The van der Waals surface area contributed by atoms with E-state index in [0.29, 0.717) is 11.6 Å². The van der Waals surface area contributed by atoms with Crippen LogP contribution < -0.4 is 16.0 Å². The maximum Gasteiger partial charge on any atom is 0.172 e. The zero-order valence-electron chi connectivity index (χ0n) is 12.6. The highest BCUT2D eigenvalue weighted by atomic mass is 16.5. The van der Waals surface area contributed by atoms with Gasteiger partial charge in [0.05, 0.1) is 5.69 Å². The van der Waals surface area contributed by atoms with Gasteiger partial charge in [0.2, 0.25) is 0 Å². The van der Waals surface area contributed by atoms with E-state index in [-0.39, 0.29) is 11.5 Å². The van der Waals surface area contributed by atoms with Gasteiger partial charge >= 0.3 is 0 Å². The molecule has 0 amide bonds. The van der Waals surface area contributed by atoms with Gasteiger partial charge in [-0.3, -0.25) is 0 Å². The second-order valence-corrected chi connectivity index (χ2v) is 6.31. The number of hydrazine groups is 1. The van der Waals surface area contributed by atoms with Gasteiger partial charge in [0.1, 0.15) is 11.6 Å². The molecule has 1 aromatic heterocycles. The molecule has 1 aliphatic heterocycles. The van der Waals surface area contributed by atoms with Crippen LogP contribution in [0.3, 0.4) is 0 Å². The van der Waals surface area contributed by atoms with Crippen LogP contribution in [0.1, 0.15) is 44.0 Å². The molecule has 0 spiro atoms. The number of benzene rings is 1. The molecule has 0 fully saturated rings. The molecule has 0 radical (unpaired) electrons. The van der Waals surface area contributed by atoms with Crippen molar-refractivity contribution in [1.82, 2.24) is 9.97 Å². The molecular formula is C16H20N4O. The van der Waals surface area contributed by atoms with E-state index < -0.39 is 0 Å². The molecule has 0 saturated heterocycles. The first-order valence-electron chi connectivity index (χ1n) is 7.08. The van der Waals surface area contributed by atoms with Crippen LogP contribution in [-0.2, 0) is 11.8 Å². The fourth-order valence-corrected chi connectivity index (χ4v) is 2.39. The molecule has 5 nitrogen and oxygen atoms in total. The second-order valence-electron chi connectivity index (χ2n) is 6.31. The first-order valence-corrected chi connectivity index (χ1v) is 7.08. The molecule has 1 unspecified atom stereocenters. The summed E-state index contributed by atoms with van der Waals surface area (Å²) in [5.74, 6) is 7.73. The van der Waals surface area contributed by atoms with Gasteiger partial charge < -0.3 is 10.2 Å². The van der Waals surface area contributed by atoms with Crippen molar-refractivity contribution in [1.29, 1.82) is 0 Å². The quantitative estimate of drug-likeness (QED) is 0.655. The van der Waals surface area contributed by atoms with Crippen molar-refractivity contribution in [3.63, 3.8) is 0 Å². The van der Waals surface area contributed by atoms with Gasteiger partial charge in [0, 0.05) is 17.9 Å². The second kappa shape index (κ2) is 5.00. The number of anilines is 1.